The normalized spacial score (nSPS) is 21.1. The van der Waals surface area contributed by atoms with E-state index in [0.29, 0.717) is 30.3 Å². The molecule has 0 bridgehead atoms. The van der Waals surface area contributed by atoms with Crippen molar-refractivity contribution in [3.8, 4) is 0 Å². The van der Waals surface area contributed by atoms with Gasteiger partial charge in [-0.2, -0.15) is 0 Å². The van der Waals surface area contributed by atoms with Gasteiger partial charge in [-0.05, 0) is 31.4 Å². The van der Waals surface area contributed by atoms with Crippen molar-refractivity contribution < 1.29 is 5.11 Å². The summed E-state index contributed by atoms with van der Waals surface area (Å²) in [6.07, 6.45) is 4.95. The van der Waals surface area contributed by atoms with Crippen LogP contribution in [0.25, 0.3) is 16.5 Å². The second kappa shape index (κ2) is 7.87. The summed E-state index contributed by atoms with van der Waals surface area (Å²) < 4.78 is 0. The van der Waals surface area contributed by atoms with Crippen LogP contribution in [0.15, 0.2) is 42.2 Å². The SMILES string of the molecule is CC(C)C[C@@H](N)CNc1nc(C2=C(O)CC(C)(Cl)C=C2)nc2ccccc12. The lowest BCUT2D eigenvalue weighted by Gasteiger charge is -2.23. The number of nitrogens with two attached hydrogens (primary N) is 1. The average molecular weight is 387 g/mol. The molecule has 2 aromatic rings. The molecule has 6 heteroatoms. The number of benzene rings is 1. The molecule has 1 aromatic heterocycles. The Kier molecular flexibility index (Phi) is 5.72. The zero-order chi connectivity index (χ0) is 19.6. The molecule has 0 saturated heterocycles. The quantitative estimate of drug-likeness (QED) is 0.629. The first-order valence-electron chi connectivity index (χ1n) is 9.32. The standard InChI is InChI=1S/C21H27ClN4O/c1-13(2)10-14(23)12-24-19-15-6-4-5-7-17(15)25-20(26-19)16-8-9-21(3,22)11-18(16)27/h4-9,13-14,27H,10-12,23H2,1-3H3,(H,24,25,26)/t14-,21?/m1/s1. The van der Waals surface area contributed by atoms with E-state index in [1.54, 1.807) is 6.08 Å². The number of aromatic nitrogens is 2. The van der Waals surface area contributed by atoms with E-state index in [2.05, 4.69) is 29.1 Å². The van der Waals surface area contributed by atoms with Gasteiger partial charge in [0, 0.05) is 24.4 Å². The summed E-state index contributed by atoms with van der Waals surface area (Å²) >= 11 is 6.32. The second-order valence-corrected chi connectivity index (χ2v) is 8.70. The van der Waals surface area contributed by atoms with Gasteiger partial charge in [0.25, 0.3) is 0 Å². The van der Waals surface area contributed by atoms with Crippen LogP contribution in [0.1, 0.15) is 39.4 Å². The number of hydrogen-bond donors (Lipinski definition) is 3. The van der Waals surface area contributed by atoms with Crippen LogP contribution < -0.4 is 11.1 Å². The molecule has 0 fully saturated rings. The van der Waals surface area contributed by atoms with Crippen LogP contribution in [-0.4, -0.2) is 32.5 Å². The van der Waals surface area contributed by atoms with E-state index in [1.807, 2.05) is 37.3 Å². The molecule has 0 aliphatic heterocycles. The minimum Gasteiger partial charge on any atom is -0.511 e. The Morgan fingerprint density at radius 3 is 2.74 bits per heavy atom. The van der Waals surface area contributed by atoms with Gasteiger partial charge in [0.15, 0.2) is 5.82 Å². The number of aliphatic hydroxyl groups excluding tert-OH is 1. The first-order valence-corrected chi connectivity index (χ1v) is 9.70. The number of alkyl halides is 1. The summed E-state index contributed by atoms with van der Waals surface area (Å²) in [6, 6.07) is 7.86. The molecule has 5 nitrogen and oxygen atoms in total. The van der Waals surface area contributed by atoms with Gasteiger partial charge >= 0.3 is 0 Å². The van der Waals surface area contributed by atoms with Crippen molar-refractivity contribution in [1.29, 1.82) is 0 Å². The van der Waals surface area contributed by atoms with Gasteiger partial charge in [-0.1, -0.05) is 38.1 Å². The maximum absolute atomic E-state index is 10.5. The molecule has 0 radical (unpaired) electrons. The largest absolute Gasteiger partial charge is 0.511 e. The number of nitrogens with zero attached hydrogens (tertiary/aromatic N) is 2. The summed E-state index contributed by atoms with van der Waals surface area (Å²) in [6.45, 7) is 6.81. The van der Waals surface area contributed by atoms with Crippen LogP contribution in [0.4, 0.5) is 5.82 Å². The minimum absolute atomic E-state index is 0.0429. The molecule has 1 aliphatic rings. The maximum atomic E-state index is 10.5. The van der Waals surface area contributed by atoms with Gasteiger partial charge in [0.1, 0.15) is 11.6 Å². The van der Waals surface area contributed by atoms with Gasteiger partial charge < -0.3 is 16.2 Å². The summed E-state index contributed by atoms with van der Waals surface area (Å²) in [7, 11) is 0. The first-order chi connectivity index (χ1) is 12.7. The molecule has 4 N–H and O–H groups in total. The topological polar surface area (TPSA) is 84.1 Å². The third kappa shape index (κ3) is 4.79. The first kappa shape index (κ1) is 19.6. The van der Waals surface area contributed by atoms with Gasteiger partial charge in [-0.25, -0.2) is 9.97 Å². The van der Waals surface area contributed by atoms with Crippen molar-refractivity contribution in [2.24, 2.45) is 11.7 Å². The number of para-hydroxylation sites is 1. The van der Waals surface area contributed by atoms with E-state index < -0.39 is 4.87 Å². The summed E-state index contributed by atoms with van der Waals surface area (Å²) in [5.74, 6) is 1.95. The van der Waals surface area contributed by atoms with Crippen molar-refractivity contribution in [2.75, 3.05) is 11.9 Å². The zero-order valence-corrected chi connectivity index (χ0v) is 16.8. The fourth-order valence-electron chi connectivity index (χ4n) is 3.29. The molecule has 1 aliphatic carbocycles. The molecule has 3 rings (SSSR count). The monoisotopic (exact) mass is 386 g/mol. The number of hydrogen-bond acceptors (Lipinski definition) is 5. The van der Waals surface area contributed by atoms with Crippen molar-refractivity contribution in [1.82, 2.24) is 9.97 Å². The smallest absolute Gasteiger partial charge is 0.165 e. The van der Waals surface area contributed by atoms with Crippen LogP contribution in [0, 0.1) is 5.92 Å². The number of anilines is 1. The maximum Gasteiger partial charge on any atom is 0.165 e. The zero-order valence-electron chi connectivity index (χ0n) is 16.0. The Balaban J connectivity index is 1.95. The average Bonchev–Trinajstić information content (AvgIpc) is 2.58. The predicted molar refractivity (Wildman–Crippen MR) is 113 cm³/mol. The van der Waals surface area contributed by atoms with Crippen molar-refractivity contribution in [3.63, 3.8) is 0 Å². The highest BCUT2D eigenvalue weighted by molar-refractivity contribution is 6.25. The number of aliphatic hydroxyl groups is 1. The number of rotatable bonds is 6. The summed E-state index contributed by atoms with van der Waals surface area (Å²) in [5, 5.41) is 14.8. The molecule has 1 unspecified atom stereocenters. The van der Waals surface area contributed by atoms with Crippen LogP contribution in [0.2, 0.25) is 0 Å². The van der Waals surface area contributed by atoms with Crippen LogP contribution >= 0.6 is 11.6 Å². The Morgan fingerprint density at radius 2 is 2.04 bits per heavy atom. The van der Waals surface area contributed by atoms with Crippen LogP contribution in [0.3, 0.4) is 0 Å². The number of fused-ring (bicyclic) bond motifs is 1. The molecule has 27 heavy (non-hydrogen) atoms. The molecular weight excluding hydrogens is 360 g/mol. The van der Waals surface area contributed by atoms with Gasteiger partial charge in [0.05, 0.1) is 16.0 Å². The van der Waals surface area contributed by atoms with Gasteiger partial charge in [-0.15, -0.1) is 11.6 Å². The lowest BCUT2D eigenvalue weighted by atomic mass is 9.95. The van der Waals surface area contributed by atoms with Gasteiger partial charge in [0.2, 0.25) is 0 Å². The molecule has 0 saturated carbocycles. The highest BCUT2D eigenvalue weighted by atomic mass is 35.5. The fraction of sp³-hybridized carbons (Fsp3) is 0.429. The van der Waals surface area contributed by atoms with Crippen LogP contribution in [-0.2, 0) is 0 Å². The van der Waals surface area contributed by atoms with Crippen molar-refractivity contribution in [2.45, 2.75) is 44.5 Å². The molecule has 144 valence electrons. The molecule has 1 heterocycles. The van der Waals surface area contributed by atoms with Crippen molar-refractivity contribution in [3.05, 3.63) is 48.0 Å². The van der Waals surface area contributed by atoms with E-state index in [1.165, 1.54) is 0 Å². The number of halogens is 1. The summed E-state index contributed by atoms with van der Waals surface area (Å²) in [5.41, 5.74) is 7.64. The second-order valence-electron chi connectivity index (χ2n) is 7.83. The van der Waals surface area contributed by atoms with E-state index in [-0.39, 0.29) is 11.8 Å². The molecule has 0 spiro atoms. The third-order valence-corrected chi connectivity index (χ3v) is 4.83. The number of allylic oxidation sites excluding steroid dienone is 4. The highest BCUT2D eigenvalue weighted by Crippen LogP contribution is 2.35. The Morgan fingerprint density at radius 1 is 1.30 bits per heavy atom. The van der Waals surface area contributed by atoms with E-state index in [0.717, 1.165) is 23.1 Å². The third-order valence-electron chi connectivity index (χ3n) is 4.57. The molecular formula is C21H27ClN4O. The molecule has 0 amide bonds. The van der Waals surface area contributed by atoms with Crippen molar-refractivity contribution >= 4 is 33.9 Å². The molecule has 2 atom stereocenters. The summed E-state index contributed by atoms with van der Waals surface area (Å²) in [4.78, 5) is 8.73. The Hall–Kier alpha value is -2.11. The number of nitrogens with one attached hydrogen (secondary N) is 1. The minimum atomic E-state index is -0.588. The van der Waals surface area contributed by atoms with Gasteiger partial charge in [-0.3, -0.25) is 0 Å². The van der Waals surface area contributed by atoms with E-state index in [9.17, 15) is 5.11 Å². The lowest BCUT2D eigenvalue weighted by molar-refractivity contribution is 0.378. The van der Waals surface area contributed by atoms with E-state index in [4.69, 9.17) is 17.3 Å². The Labute approximate surface area is 165 Å². The highest BCUT2D eigenvalue weighted by Gasteiger charge is 2.26. The fourth-order valence-corrected chi connectivity index (χ4v) is 3.48. The molecule has 1 aromatic carbocycles. The van der Waals surface area contributed by atoms with Crippen LogP contribution in [0.5, 0.6) is 0 Å². The predicted octanol–water partition coefficient (Wildman–Crippen LogP) is 4.64. The lowest BCUT2D eigenvalue weighted by Crippen LogP contribution is -2.30. The Bertz CT molecular complexity index is 889. The van der Waals surface area contributed by atoms with E-state index >= 15 is 0 Å².